The van der Waals surface area contributed by atoms with E-state index >= 15 is 0 Å². The van der Waals surface area contributed by atoms with Crippen LogP contribution in [0.25, 0.3) is 0 Å². The van der Waals surface area contributed by atoms with E-state index in [4.69, 9.17) is 33.7 Å². The van der Waals surface area contributed by atoms with Crippen molar-refractivity contribution in [2.24, 2.45) is 5.73 Å². The van der Waals surface area contributed by atoms with E-state index in [1.807, 2.05) is 23.9 Å². The van der Waals surface area contributed by atoms with Crippen molar-refractivity contribution < 1.29 is 4.74 Å². The molecule has 0 amide bonds. The second-order valence-corrected chi connectivity index (χ2v) is 5.59. The molecule has 5 heteroatoms. The predicted molar refractivity (Wildman–Crippen MR) is 70.5 cm³/mol. The first-order chi connectivity index (χ1) is 7.70. The monoisotopic (exact) mass is 277 g/mol. The number of thioether (sulfide) groups is 1. The van der Waals surface area contributed by atoms with Crippen LogP contribution in [0, 0.1) is 0 Å². The van der Waals surface area contributed by atoms with Gasteiger partial charge in [0.2, 0.25) is 0 Å². The first-order valence-electron chi connectivity index (χ1n) is 5.09. The topological polar surface area (TPSA) is 35.2 Å². The van der Waals surface area contributed by atoms with E-state index in [0.29, 0.717) is 10.0 Å². The fraction of sp³-hybridized carbons (Fsp3) is 0.455. The number of rotatable bonds is 2. The fourth-order valence-electron chi connectivity index (χ4n) is 1.69. The average molecular weight is 278 g/mol. The van der Waals surface area contributed by atoms with Gasteiger partial charge in [-0.15, -0.1) is 0 Å². The molecule has 1 aromatic carbocycles. The Morgan fingerprint density at radius 1 is 1.44 bits per heavy atom. The minimum atomic E-state index is -0.209. The van der Waals surface area contributed by atoms with Gasteiger partial charge in [0, 0.05) is 11.5 Å². The Bertz CT molecular complexity index is 369. The van der Waals surface area contributed by atoms with E-state index in [0.717, 1.165) is 23.7 Å². The van der Waals surface area contributed by atoms with Crippen LogP contribution < -0.4 is 5.73 Å². The van der Waals surface area contributed by atoms with E-state index in [1.54, 1.807) is 6.07 Å². The van der Waals surface area contributed by atoms with Crippen molar-refractivity contribution in [1.29, 1.82) is 0 Å². The summed E-state index contributed by atoms with van der Waals surface area (Å²) in [5.41, 5.74) is 7.02. The molecule has 1 fully saturated rings. The second-order valence-electron chi connectivity index (χ2n) is 3.65. The van der Waals surface area contributed by atoms with Crippen molar-refractivity contribution in [3.63, 3.8) is 0 Å². The maximum atomic E-state index is 6.16. The van der Waals surface area contributed by atoms with Crippen LogP contribution in [0.2, 0.25) is 10.0 Å². The molecule has 0 saturated carbocycles. The highest BCUT2D eigenvalue weighted by Crippen LogP contribution is 2.32. The maximum Gasteiger partial charge on any atom is 0.0858 e. The lowest BCUT2D eigenvalue weighted by molar-refractivity contribution is 0.0569. The molecule has 0 bridgehead atoms. The number of nitrogens with two attached hydrogens (primary N) is 1. The summed E-state index contributed by atoms with van der Waals surface area (Å²) < 4.78 is 5.64. The van der Waals surface area contributed by atoms with Gasteiger partial charge < -0.3 is 10.5 Å². The molecule has 1 saturated heterocycles. The molecule has 88 valence electrons. The molecule has 0 aromatic heterocycles. The standard InChI is InChI=1S/C11H13Cl2NOS/c12-8-3-1-2-7(10(8)13)11(14)9-6-16-5-4-15-9/h1-3,9,11H,4-6,14H2. The highest BCUT2D eigenvalue weighted by molar-refractivity contribution is 7.99. The Labute approximate surface area is 109 Å². The lowest BCUT2D eigenvalue weighted by Gasteiger charge is -2.28. The van der Waals surface area contributed by atoms with Crippen molar-refractivity contribution >= 4 is 35.0 Å². The lowest BCUT2D eigenvalue weighted by atomic mass is 10.0. The molecule has 2 rings (SSSR count). The minimum absolute atomic E-state index is 0.0229. The van der Waals surface area contributed by atoms with Crippen LogP contribution in [-0.4, -0.2) is 24.2 Å². The molecule has 2 nitrogen and oxygen atoms in total. The van der Waals surface area contributed by atoms with Gasteiger partial charge in [-0.25, -0.2) is 0 Å². The summed E-state index contributed by atoms with van der Waals surface area (Å²) in [6.07, 6.45) is 0.0229. The number of hydrogen-bond donors (Lipinski definition) is 1. The number of halogens is 2. The summed E-state index contributed by atoms with van der Waals surface area (Å²) in [7, 11) is 0. The summed E-state index contributed by atoms with van der Waals surface area (Å²) in [6, 6.07) is 5.32. The summed E-state index contributed by atoms with van der Waals surface area (Å²) in [6.45, 7) is 0.751. The first kappa shape index (κ1) is 12.5. The molecule has 2 unspecified atom stereocenters. The molecule has 1 aliphatic rings. The van der Waals surface area contributed by atoms with Crippen molar-refractivity contribution in [3.8, 4) is 0 Å². The third-order valence-corrected chi connectivity index (χ3v) is 4.44. The van der Waals surface area contributed by atoms with E-state index in [2.05, 4.69) is 0 Å². The summed E-state index contributed by atoms with van der Waals surface area (Å²) in [4.78, 5) is 0. The van der Waals surface area contributed by atoms with Crippen LogP contribution in [0.3, 0.4) is 0 Å². The fourth-order valence-corrected chi connectivity index (χ4v) is 3.04. The minimum Gasteiger partial charge on any atom is -0.375 e. The highest BCUT2D eigenvalue weighted by Gasteiger charge is 2.25. The molecule has 16 heavy (non-hydrogen) atoms. The van der Waals surface area contributed by atoms with Gasteiger partial charge >= 0.3 is 0 Å². The van der Waals surface area contributed by atoms with Gasteiger partial charge in [-0.05, 0) is 11.6 Å². The van der Waals surface area contributed by atoms with Gasteiger partial charge in [-0.1, -0.05) is 35.3 Å². The average Bonchev–Trinajstić information content (AvgIpc) is 2.33. The summed E-state index contributed by atoms with van der Waals surface area (Å²) in [5.74, 6) is 1.94. The maximum absolute atomic E-state index is 6.16. The Morgan fingerprint density at radius 3 is 2.94 bits per heavy atom. The van der Waals surface area contributed by atoms with Gasteiger partial charge in [-0.2, -0.15) is 11.8 Å². The largest absolute Gasteiger partial charge is 0.375 e. The van der Waals surface area contributed by atoms with Gasteiger partial charge in [0.15, 0.2) is 0 Å². The third kappa shape index (κ3) is 2.66. The lowest BCUT2D eigenvalue weighted by Crippen LogP contribution is -2.34. The SMILES string of the molecule is NC(c1cccc(Cl)c1Cl)C1CSCCO1. The third-order valence-electron chi connectivity index (χ3n) is 2.58. The normalized spacial score (nSPS) is 23.1. The van der Waals surface area contributed by atoms with E-state index < -0.39 is 0 Å². The quantitative estimate of drug-likeness (QED) is 0.902. The van der Waals surface area contributed by atoms with E-state index in [9.17, 15) is 0 Å². The molecule has 1 aliphatic heterocycles. The van der Waals surface area contributed by atoms with Crippen LogP contribution in [-0.2, 0) is 4.74 Å². The first-order valence-corrected chi connectivity index (χ1v) is 7.00. The van der Waals surface area contributed by atoms with E-state index in [-0.39, 0.29) is 12.1 Å². The van der Waals surface area contributed by atoms with Crippen LogP contribution in [0.1, 0.15) is 11.6 Å². The number of ether oxygens (including phenoxy) is 1. The number of hydrogen-bond acceptors (Lipinski definition) is 3. The zero-order chi connectivity index (χ0) is 11.5. The zero-order valence-corrected chi connectivity index (χ0v) is 11.0. The summed E-state index contributed by atoms with van der Waals surface area (Å²) in [5, 5.41) is 1.08. The van der Waals surface area contributed by atoms with Crippen molar-refractivity contribution in [2.75, 3.05) is 18.1 Å². The zero-order valence-electron chi connectivity index (χ0n) is 8.66. The molecule has 1 heterocycles. The van der Waals surface area contributed by atoms with Crippen LogP contribution in [0.5, 0.6) is 0 Å². The Balaban J connectivity index is 2.19. The molecule has 0 spiro atoms. The van der Waals surface area contributed by atoms with Crippen LogP contribution in [0.4, 0.5) is 0 Å². The van der Waals surface area contributed by atoms with Gasteiger partial charge in [0.05, 0.1) is 28.8 Å². The van der Waals surface area contributed by atoms with Crippen LogP contribution >= 0.6 is 35.0 Å². The molecule has 2 atom stereocenters. The van der Waals surface area contributed by atoms with E-state index in [1.165, 1.54) is 0 Å². The summed E-state index contributed by atoms with van der Waals surface area (Å²) >= 11 is 14.0. The molecule has 0 aliphatic carbocycles. The molecule has 2 N–H and O–H groups in total. The molecule has 0 radical (unpaired) electrons. The van der Waals surface area contributed by atoms with Crippen molar-refractivity contribution in [1.82, 2.24) is 0 Å². The van der Waals surface area contributed by atoms with Crippen LogP contribution in [0.15, 0.2) is 18.2 Å². The van der Waals surface area contributed by atoms with Gasteiger partial charge in [-0.3, -0.25) is 0 Å². The molecular weight excluding hydrogens is 265 g/mol. The van der Waals surface area contributed by atoms with Crippen molar-refractivity contribution in [2.45, 2.75) is 12.1 Å². The van der Waals surface area contributed by atoms with Crippen molar-refractivity contribution in [3.05, 3.63) is 33.8 Å². The van der Waals surface area contributed by atoms with Gasteiger partial charge in [0.25, 0.3) is 0 Å². The predicted octanol–water partition coefficient (Wildman–Crippen LogP) is 3.13. The smallest absolute Gasteiger partial charge is 0.0858 e. The number of benzene rings is 1. The Hall–Kier alpha value is 0.0700. The molecule has 1 aromatic rings. The Kier molecular flexibility index (Phi) is 4.39. The Morgan fingerprint density at radius 2 is 2.25 bits per heavy atom. The highest BCUT2D eigenvalue weighted by atomic mass is 35.5. The second kappa shape index (κ2) is 5.61. The van der Waals surface area contributed by atoms with Gasteiger partial charge in [0.1, 0.15) is 0 Å². The molecular formula is C11H13Cl2NOS.